The van der Waals surface area contributed by atoms with Gasteiger partial charge in [-0.3, -0.25) is 0 Å². The molecule has 1 aromatic rings. The number of hydrogen-bond acceptors (Lipinski definition) is 3. The van der Waals surface area contributed by atoms with E-state index in [1.165, 1.54) is 5.56 Å². The summed E-state index contributed by atoms with van der Waals surface area (Å²) in [5, 5.41) is 0. The minimum absolute atomic E-state index is 0.0423. The fourth-order valence-electron chi connectivity index (χ4n) is 2.14. The molecule has 0 aliphatic carbocycles. The van der Waals surface area contributed by atoms with Gasteiger partial charge in [-0.1, -0.05) is 30.3 Å². The maximum atomic E-state index is 11.2. The van der Waals surface area contributed by atoms with Crippen LogP contribution in [-0.4, -0.2) is 49.2 Å². The predicted molar refractivity (Wildman–Crippen MR) is 70.3 cm³/mol. The highest BCUT2D eigenvalue weighted by Gasteiger charge is 2.27. The third kappa shape index (κ3) is 3.47. The number of carbonyl (C=O) groups is 1. The lowest BCUT2D eigenvalue weighted by Crippen LogP contribution is -2.25. The van der Waals surface area contributed by atoms with E-state index in [4.69, 9.17) is 4.74 Å². The molecule has 1 heterocycles. The molecule has 4 nitrogen and oxygen atoms in total. The molecule has 0 N–H and O–H groups in total. The van der Waals surface area contributed by atoms with Gasteiger partial charge in [-0.05, 0) is 19.0 Å². The van der Waals surface area contributed by atoms with Crippen molar-refractivity contribution < 1.29 is 9.53 Å². The molecule has 0 radical (unpaired) electrons. The van der Waals surface area contributed by atoms with Crippen molar-refractivity contribution in [1.82, 2.24) is 9.80 Å². The van der Waals surface area contributed by atoms with Crippen LogP contribution in [0.5, 0.6) is 0 Å². The minimum atomic E-state index is -0.203. The van der Waals surface area contributed by atoms with Crippen molar-refractivity contribution in [2.45, 2.75) is 19.1 Å². The van der Waals surface area contributed by atoms with Crippen LogP contribution in [-0.2, 0) is 11.3 Å². The van der Waals surface area contributed by atoms with E-state index in [9.17, 15) is 4.79 Å². The van der Waals surface area contributed by atoms with Gasteiger partial charge in [0.05, 0.1) is 6.54 Å². The van der Waals surface area contributed by atoms with E-state index < -0.39 is 0 Å². The highest BCUT2D eigenvalue weighted by molar-refractivity contribution is 5.69. The van der Waals surface area contributed by atoms with Gasteiger partial charge in [-0.25, -0.2) is 4.79 Å². The number of hydrogen-bond donors (Lipinski definition) is 0. The third-order valence-electron chi connectivity index (χ3n) is 3.18. The van der Waals surface area contributed by atoms with Crippen molar-refractivity contribution in [3.05, 3.63) is 35.9 Å². The normalized spacial score (nSPS) is 19.4. The smallest absolute Gasteiger partial charge is 0.409 e. The summed E-state index contributed by atoms with van der Waals surface area (Å²) in [7, 11) is 3.86. The molecule has 4 heteroatoms. The SMILES string of the molecule is CN(CCC1CN(C)C(=O)O1)Cc1ccccc1. The molecular weight excluding hydrogens is 228 g/mol. The molecule has 1 fully saturated rings. The first-order valence-corrected chi connectivity index (χ1v) is 6.29. The monoisotopic (exact) mass is 248 g/mol. The molecule has 0 aromatic heterocycles. The molecule has 1 aromatic carbocycles. The summed E-state index contributed by atoms with van der Waals surface area (Å²) in [4.78, 5) is 15.1. The maximum absolute atomic E-state index is 11.2. The Labute approximate surface area is 108 Å². The Morgan fingerprint density at radius 3 is 2.72 bits per heavy atom. The topological polar surface area (TPSA) is 32.8 Å². The fraction of sp³-hybridized carbons (Fsp3) is 0.500. The van der Waals surface area contributed by atoms with Crippen molar-refractivity contribution in [3.8, 4) is 0 Å². The molecule has 1 atom stereocenters. The quantitative estimate of drug-likeness (QED) is 0.798. The number of rotatable bonds is 5. The Morgan fingerprint density at radius 2 is 2.11 bits per heavy atom. The van der Waals surface area contributed by atoms with Gasteiger partial charge in [-0.15, -0.1) is 0 Å². The van der Waals surface area contributed by atoms with Crippen molar-refractivity contribution >= 4 is 6.09 Å². The van der Waals surface area contributed by atoms with E-state index >= 15 is 0 Å². The summed E-state index contributed by atoms with van der Waals surface area (Å²) < 4.78 is 5.23. The third-order valence-corrected chi connectivity index (χ3v) is 3.18. The summed E-state index contributed by atoms with van der Waals surface area (Å²) in [5.74, 6) is 0. The van der Waals surface area contributed by atoms with Gasteiger partial charge in [0.2, 0.25) is 0 Å². The Morgan fingerprint density at radius 1 is 1.39 bits per heavy atom. The Bertz CT molecular complexity index is 394. The van der Waals surface area contributed by atoms with Gasteiger partial charge < -0.3 is 14.5 Å². The summed E-state index contributed by atoms with van der Waals surface area (Å²) in [5.41, 5.74) is 1.31. The lowest BCUT2D eigenvalue weighted by Gasteiger charge is -2.18. The zero-order valence-corrected chi connectivity index (χ0v) is 11.0. The molecule has 18 heavy (non-hydrogen) atoms. The molecule has 1 unspecified atom stereocenters. The number of likely N-dealkylation sites (N-methyl/N-ethyl adjacent to an activating group) is 1. The van der Waals surface area contributed by atoms with Crippen molar-refractivity contribution in [2.24, 2.45) is 0 Å². The summed E-state index contributed by atoms with van der Waals surface area (Å²) in [6, 6.07) is 10.4. The number of cyclic esters (lactones) is 1. The predicted octanol–water partition coefficient (Wildman–Crippen LogP) is 1.96. The van der Waals surface area contributed by atoms with Gasteiger partial charge in [0.15, 0.2) is 0 Å². The fourth-order valence-corrected chi connectivity index (χ4v) is 2.14. The molecule has 98 valence electrons. The Balaban J connectivity index is 1.72. The molecule has 0 spiro atoms. The molecule has 0 saturated carbocycles. The molecule has 1 aliphatic heterocycles. The Kier molecular flexibility index (Phi) is 4.20. The first-order chi connectivity index (χ1) is 8.65. The van der Waals surface area contributed by atoms with Crippen LogP contribution in [0.4, 0.5) is 4.79 Å². The van der Waals surface area contributed by atoms with Gasteiger partial charge in [0.25, 0.3) is 0 Å². The van der Waals surface area contributed by atoms with Crippen molar-refractivity contribution in [2.75, 3.05) is 27.2 Å². The summed E-state index contributed by atoms with van der Waals surface area (Å²) in [6.07, 6.45) is 0.728. The lowest BCUT2D eigenvalue weighted by molar-refractivity contribution is 0.124. The number of benzene rings is 1. The average Bonchev–Trinajstić information content (AvgIpc) is 2.68. The number of nitrogens with zero attached hydrogens (tertiary/aromatic N) is 2. The highest BCUT2D eigenvalue weighted by Crippen LogP contribution is 2.13. The largest absolute Gasteiger partial charge is 0.444 e. The lowest BCUT2D eigenvalue weighted by atomic mass is 10.2. The van der Waals surface area contributed by atoms with Crippen LogP contribution in [0.3, 0.4) is 0 Å². The molecule has 0 bridgehead atoms. The van der Waals surface area contributed by atoms with Gasteiger partial charge >= 0.3 is 6.09 Å². The Hall–Kier alpha value is -1.55. The second-order valence-corrected chi connectivity index (χ2v) is 4.90. The number of ether oxygens (including phenoxy) is 1. The molecule has 2 rings (SSSR count). The van der Waals surface area contributed by atoms with E-state index in [2.05, 4.69) is 36.2 Å². The summed E-state index contributed by atoms with van der Waals surface area (Å²) >= 11 is 0. The summed E-state index contributed by atoms with van der Waals surface area (Å²) in [6.45, 7) is 2.57. The van der Waals surface area contributed by atoms with Crippen LogP contribution in [0.2, 0.25) is 0 Å². The van der Waals surface area contributed by atoms with Crippen LogP contribution >= 0.6 is 0 Å². The molecule has 1 saturated heterocycles. The van der Waals surface area contributed by atoms with Crippen LogP contribution in [0, 0.1) is 0 Å². The molecule has 1 aliphatic rings. The van der Waals surface area contributed by atoms with Crippen LogP contribution in [0.25, 0.3) is 0 Å². The van der Waals surface area contributed by atoms with Gasteiger partial charge in [0, 0.05) is 20.1 Å². The second kappa shape index (κ2) is 5.87. The first kappa shape index (κ1) is 12.9. The van der Waals surface area contributed by atoms with E-state index in [-0.39, 0.29) is 12.2 Å². The molecular formula is C14H20N2O2. The standard InChI is InChI=1S/C14H20N2O2/c1-15(10-12-6-4-3-5-7-12)9-8-13-11-16(2)14(17)18-13/h3-7,13H,8-11H2,1-2H3. The van der Waals surface area contributed by atoms with E-state index in [0.29, 0.717) is 6.54 Å². The van der Waals surface area contributed by atoms with E-state index in [1.807, 2.05) is 6.07 Å². The van der Waals surface area contributed by atoms with Crippen LogP contribution < -0.4 is 0 Å². The number of amides is 1. The van der Waals surface area contributed by atoms with E-state index in [0.717, 1.165) is 19.5 Å². The zero-order chi connectivity index (χ0) is 13.0. The number of carbonyl (C=O) groups excluding carboxylic acids is 1. The first-order valence-electron chi connectivity index (χ1n) is 6.29. The van der Waals surface area contributed by atoms with Crippen molar-refractivity contribution in [3.63, 3.8) is 0 Å². The van der Waals surface area contributed by atoms with Gasteiger partial charge in [-0.2, -0.15) is 0 Å². The van der Waals surface area contributed by atoms with Crippen LogP contribution in [0.1, 0.15) is 12.0 Å². The van der Waals surface area contributed by atoms with Crippen LogP contribution in [0.15, 0.2) is 30.3 Å². The van der Waals surface area contributed by atoms with Crippen molar-refractivity contribution in [1.29, 1.82) is 0 Å². The average molecular weight is 248 g/mol. The minimum Gasteiger partial charge on any atom is -0.444 e. The zero-order valence-electron chi connectivity index (χ0n) is 11.0. The second-order valence-electron chi connectivity index (χ2n) is 4.90. The van der Waals surface area contributed by atoms with Gasteiger partial charge in [0.1, 0.15) is 6.10 Å². The van der Waals surface area contributed by atoms with E-state index in [1.54, 1.807) is 11.9 Å². The molecule has 1 amide bonds. The maximum Gasteiger partial charge on any atom is 0.409 e. The highest BCUT2D eigenvalue weighted by atomic mass is 16.6.